The van der Waals surface area contributed by atoms with Crippen LogP contribution in [0.3, 0.4) is 0 Å². The number of benzene rings is 3. The molecule has 6 nitrogen and oxygen atoms in total. The summed E-state index contributed by atoms with van der Waals surface area (Å²) in [6.07, 6.45) is -0.365. The molecule has 0 aromatic heterocycles. The summed E-state index contributed by atoms with van der Waals surface area (Å²) in [6.45, 7) is 5.34. The van der Waals surface area contributed by atoms with E-state index in [2.05, 4.69) is 52.7 Å². The Balaban J connectivity index is 0.000000587. The predicted molar refractivity (Wildman–Crippen MR) is 153 cm³/mol. The van der Waals surface area contributed by atoms with Crippen molar-refractivity contribution in [2.24, 2.45) is 5.92 Å². The summed E-state index contributed by atoms with van der Waals surface area (Å²) in [5, 5.41) is 10.2. The molecule has 1 aliphatic rings. The number of piperidine rings is 1. The number of carboxylic acid groups (broad SMARTS) is 1. The molecule has 220 valence electrons. The van der Waals surface area contributed by atoms with Gasteiger partial charge in [-0.15, -0.1) is 0 Å². The Morgan fingerprint density at radius 3 is 1.83 bits per heavy atom. The molecule has 1 aliphatic heterocycles. The standard InChI is InChI=1S/C30H37N3O.C2HF3O2/c34-30(31-24-28-13-6-2-7-14-28)33(25-29-15-8-3-9-16-29)20-10-19-32-21-17-27(18-22-32)23-26-11-4-1-5-12-26;3-2(4,5)1(6)7/h1-9,11-16,27H,10,17-25H2,(H,31,34);(H,6,7). The molecule has 0 atom stereocenters. The predicted octanol–water partition coefficient (Wildman–Crippen LogP) is 6.38. The minimum atomic E-state index is -5.08. The van der Waals surface area contributed by atoms with E-state index < -0.39 is 12.1 Å². The molecule has 0 bridgehead atoms. The van der Waals surface area contributed by atoms with E-state index in [0.717, 1.165) is 44.1 Å². The van der Waals surface area contributed by atoms with Crippen molar-refractivity contribution < 1.29 is 27.9 Å². The number of carbonyl (C=O) groups is 2. The fourth-order valence-corrected chi connectivity index (χ4v) is 4.79. The first-order chi connectivity index (χ1) is 19.7. The summed E-state index contributed by atoms with van der Waals surface area (Å²) >= 11 is 0. The Labute approximate surface area is 239 Å². The van der Waals surface area contributed by atoms with E-state index in [1.807, 2.05) is 53.4 Å². The normalized spacial score (nSPS) is 14.0. The first kappa shape index (κ1) is 31.7. The van der Waals surface area contributed by atoms with Crippen molar-refractivity contribution >= 4 is 12.0 Å². The summed E-state index contributed by atoms with van der Waals surface area (Å²) in [5.74, 6) is -1.97. The number of nitrogens with one attached hydrogen (secondary N) is 1. The van der Waals surface area contributed by atoms with Gasteiger partial charge in [0.25, 0.3) is 0 Å². The van der Waals surface area contributed by atoms with E-state index in [0.29, 0.717) is 13.1 Å². The number of carbonyl (C=O) groups excluding carboxylic acids is 1. The molecule has 1 fully saturated rings. The average Bonchev–Trinajstić information content (AvgIpc) is 2.98. The van der Waals surface area contributed by atoms with Gasteiger partial charge in [-0.1, -0.05) is 91.0 Å². The minimum Gasteiger partial charge on any atom is -0.475 e. The molecule has 3 aromatic rings. The first-order valence-electron chi connectivity index (χ1n) is 13.9. The summed E-state index contributed by atoms with van der Waals surface area (Å²) in [7, 11) is 0. The highest BCUT2D eigenvalue weighted by Gasteiger charge is 2.38. The van der Waals surface area contributed by atoms with Gasteiger partial charge in [0.15, 0.2) is 0 Å². The van der Waals surface area contributed by atoms with Gasteiger partial charge in [0.05, 0.1) is 0 Å². The Morgan fingerprint density at radius 2 is 1.32 bits per heavy atom. The van der Waals surface area contributed by atoms with Crippen LogP contribution in [-0.4, -0.2) is 59.3 Å². The number of nitrogens with zero attached hydrogens (tertiary/aromatic N) is 2. The van der Waals surface area contributed by atoms with Crippen LogP contribution in [0.5, 0.6) is 0 Å². The van der Waals surface area contributed by atoms with E-state index in [4.69, 9.17) is 9.90 Å². The molecule has 2 N–H and O–H groups in total. The van der Waals surface area contributed by atoms with Crippen LogP contribution >= 0.6 is 0 Å². The average molecular weight is 570 g/mol. The monoisotopic (exact) mass is 569 g/mol. The first-order valence-corrected chi connectivity index (χ1v) is 13.9. The van der Waals surface area contributed by atoms with Crippen molar-refractivity contribution in [2.75, 3.05) is 26.2 Å². The van der Waals surface area contributed by atoms with Crippen molar-refractivity contribution in [1.82, 2.24) is 15.1 Å². The molecule has 2 amide bonds. The molecular formula is C32H38F3N3O3. The van der Waals surface area contributed by atoms with Gasteiger partial charge < -0.3 is 20.2 Å². The van der Waals surface area contributed by atoms with Gasteiger partial charge in [0.1, 0.15) is 0 Å². The molecule has 0 saturated carbocycles. The Morgan fingerprint density at radius 1 is 0.829 bits per heavy atom. The fraction of sp³-hybridized carbons (Fsp3) is 0.375. The third-order valence-electron chi connectivity index (χ3n) is 7.01. The Hall–Kier alpha value is -3.85. The number of hydrogen-bond donors (Lipinski definition) is 2. The molecule has 0 aliphatic carbocycles. The summed E-state index contributed by atoms with van der Waals surface area (Å²) in [4.78, 5) is 26.4. The maximum Gasteiger partial charge on any atom is 0.490 e. The number of hydrogen-bond acceptors (Lipinski definition) is 3. The van der Waals surface area contributed by atoms with Crippen LogP contribution in [0.4, 0.5) is 18.0 Å². The van der Waals surface area contributed by atoms with Crippen molar-refractivity contribution in [3.63, 3.8) is 0 Å². The number of rotatable bonds is 10. The number of likely N-dealkylation sites (tertiary alicyclic amines) is 1. The molecule has 0 radical (unpaired) electrons. The van der Waals surface area contributed by atoms with Crippen LogP contribution < -0.4 is 5.32 Å². The Bertz CT molecular complexity index is 1170. The van der Waals surface area contributed by atoms with Crippen LogP contribution in [0.25, 0.3) is 0 Å². The zero-order valence-corrected chi connectivity index (χ0v) is 23.1. The second-order valence-corrected chi connectivity index (χ2v) is 10.2. The van der Waals surface area contributed by atoms with E-state index in [1.54, 1.807) is 0 Å². The zero-order valence-electron chi connectivity index (χ0n) is 23.1. The Kier molecular flexibility index (Phi) is 12.7. The van der Waals surface area contributed by atoms with Gasteiger partial charge in [0.2, 0.25) is 0 Å². The fourth-order valence-electron chi connectivity index (χ4n) is 4.79. The van der Waals surface area contributed by atoms with E-state index in [1.165, 1.54) is 30.4 Å². The van der Waals surface area contributed by atoms with Crippen molar-refractivity contribution in [3.05, 3.63) is 108 Å². The van der Waals surface area contributed by atoms with Crippen molar-refractivity contribution in [3.8, 4) is 0 Å². The molecule has 1 saturated heterocycles. The van der Waals surface area contributed by atoms with Gasteiger partial charge in [-0.25, -0.2) is 9.59 Å². The summed E-state index contributed by atoms with van der Waals surface area (Å²) < 4.78 is 31.7. The number of amides is 2. The van der Waals surface area contributed by atoms with Crippen LogP contribution in [0.15, 0.2) is 91.0 Å². The highest BCUT2D eigenvalue weighted by atomic mass is 19.4. The molecular weight excluding hydrogens is 531 g/mol. The van der Waals surface area contributed by atoms with Crippen molar-refractivity contribution in [2.45, 2.75) is 44.9 Å². The lowest BCUT2D eigenvalue weighted by molar-refractivity contribution is -0.192. The lowest BCUT2D eigenvalue weighted by Gasteiger charge is -2.32. The SMILES string of the molecule is O=C(NCc1ccccc1)N(CCCN1CCC(Cc2ccccc2)CC1)Cc1ccccc1.O=C(O)C(F)(F)F. The minimum absolute atomic E-state index is 0.00859. The van der Waals surface area contributed by atoms with Crippen molar-refractivity contribution in [1.29, 1.82) is 0 Å². The van der Waals surface area contributed by atoms with Gasteiger partial charge in [-0.2, -0.15) is 13.2 Å². The second kappa shape index (κ2) is 16.4. The van der Waals surface area contributed by atoms with E-state index >= 15 is 0 Å². The molecule has 1 heterocycles. The molecule has 0 unspecified atom stereocenters. The highest BCUT2D eigenvalue weighted by molar-refractivity contribution is 5.74. The van der Waals surface area contributed by atoms with Crippen LogP contribution in [0, 0.1) is 5.92 Å². The maximum absolute atomic E-state index is 13.0. The molecule has 0 spiro atoms. The van der Waals surface area contributed by atoms with Gasteiger partial charge in [-0.3, -0.25) is 0 Å². The molecule has 9 heteroatoms. The van der Waals surface area contributed by atoms with Crippen LogP contribution in [0.2, 0.25) is 0 Å². The second-order valence-electron chi connectivity index (χ2n) is 10.2. The quantitative estimate of drug-likeness (QED) is 0.297. The smallest absolute Gasteiger partial charge is 0.475 e. The number of carboxylic acids is 1. The number of aliphatic carboxylic acids is 1. The highest BCUT2D eigenvalue weighted by Crippen LogP contribution is 2.22. The zero-order chi connectivity index (χ0) is 29.5. The lowest BCUT2D eigenvalue weighted by atomic mass is 9.90. The number of alkyl halides is 3. The largest absolute Gasteiger partial charge is 0.490 e. The number of halogens is 3. The third-order valence-corrected chi connectivity index (χ3v) is 7.01. The van der Waals surface area contributed by atoms with Gasteiger partial charge >= 0.3 is 18.2 Å². The van der Waals surface area contributed by atoms with Gasteiger partial charge in [-0.05, 0) is 67.9 Å². The van der Waals surface area contributed by atoms with E-state index in [-0.39, 0.29) is 6.03 Å². The number of urea groups is 1. The maximum atomic E-state index is 13.0. The van der Waals surface area contributed by atoms with Gasteiger partial charge in [0, 0.05) is 19.6 Å². The van der Waals surface area contributed by atoms with Crippen LogP contribution in [0.1, 0.15) is 36.0 Å². The van der Waals surface area contributed by atoms with Crippen LogP contribution in [-0.2, 0) is 24.3 Å². The molecule has 3 aromatic carbocycles. The topological polar surface area (TPSA) is 72.9 Å². The molecule has 41 heavy (non-hydrogen) atoms. The summed E-state index contributed by atoms with van der Waals surface area (Å²) in [6, 6.07) is 31.3. The third kappa shape index (κ3) is 12.0. The molecule has 4 rings (SSSR count). The van der Waals surface area contributed by atoms with E-state index in [9.17, 15) is 18.0 Å². The summed E-state index contributed by atoms with van der Waals surface area (Å²) in [5.41, 5.74) is 3.74. The lowest BCUT2D eigenvalue weighted by Crippen LogP contribution is -2.41.